The molecule has 2 nitrogen and oxygen atoms in total. The molecule has 0 aliphatic heterocycles. The number of fused-ring (bicyclic) bond motifs is 1. The number of nitrogens with two attached hydrogens (primary N) is 1. The van der Waals surface area contributed by atoms with Crippen LogP contribution in [0.4, 0.5) is 0 Å². The third kappa shape index (κ3) is 1.81. The average Bonchev–Trinajstić information content (AvgIpc) is 2.88. The molecule has 1 aliphatic rings. The molecule has 0 bridgehead atoms. The highest BCUT2D eigenvalue weighted by Crippen LogP contribution is 2.40. The van der Waals surface area contributed by atoms with E-state index in [0.29, 0.717) is 0 Å². The molecule has 0 radical (unpaired) electrons. The fourth-order valence-corrected chi connectivity index (χ4v) is 3.22. The van der Waals surface area contributed by atoms with Crippen LogP contribution in [0.3, 0.4) is 0 Å². The van der Waals surface area contributed by atoms with Gasteiger partial charge in [0.1, 0.15) is 0 Å². The van der Waals surface area contributed by atoms with E-state index in [1.807, 2.05) is 6.92 Å². The summed E-state index contributed by atoms with van der Waals surface area (Å²) in [5.41, 5.74) is 9.84. The van der Waals surface area contributed by atoms with Gasteiger partial charge in [-0.3, -0.25) is 4.98 Å². The van der Waals surface area contributed by atoms with E-state index in [0.717, 1.165) is 17.8 Å². The minimum Gasteiger partial charge on any atom is -0.330 e. The molecule has 0 unspecified atom stereocenters. The molecule has 0 atom stereocenters. The highest BCUT2D eigenvalue weighted by Gasteiger charge is 2.34. The first-order valence-electron chi connectivity index (χ1n) is 6.81. The summed E-state index contributed by atoms with van der Waals surface area (Å²) in [5, 5.41) is 1.23. The SMILES string of the molecule is Cc1ccc2cc(C3(CN)CCCC3)ccc2n1. The third-order valence-corrected chi connectivity index (χ3v) is 4.39. The van der Waals surface area contributed by atoms with Crippen molar-refractivity contribution in [3.63, 3.8) is 0 Å². The quantitative estimate of drug-likeness (QED) is 0.874. The van der Waals surface area contributed by atoms with Gasteiger partial charge in [0.05, 0.1) is 5.52 Å². The summed E-state index contributed by atoms with van der Waals surface area (Å²) in [6.07, 6.45) is 5.07. The number of aryl methyl sites for hydroxylation is 1. The summed E-state index contributed by atoms with van der Waals surface area (Å²) in [4.78, 5) is 4.56. The van der Waals surface area contributed by atoms with Gasteiger partial charge >= 0.3 is 0 Å². The fourth-order valence-electron chi connectivity index (χ4n) is 3.22. The van der Waals surface area contributed by atoms with Crippen LogP contribution in [0.5, 0.6) is 0 Å². The monoisotopic (exact) mass is 240 g/mol. The smallest absolute Gasteiger partial charge is 0.0705 e. The first-order chi connectivity index (χ1) is 8.73. The van der Waals surface area contributed by atoms with E-state index in [-0.39, 0.29) is 5.41 Å². The van der Waals surface area contributed by atoms with Crippen LogP contribution in [-0.2, 0) is 5.41 Å². The first-order valence-corrected chi connectivity index (χ1v) is 6.81. The number of nitrogens with zero attached hydrogens (tertiary/aromatic N) is 1. The summed E-state index contributed by atoms with van der Waals surface area (Å²) < 4.78 is 0. The van der Waals surface area contributed by atoms with Gasteiger partial charge < -0.3 is 5.73 Å². The summed E-state index contributed by atoms with van der Waals surface area (Å²) >= 11 is 0. The van der Waals surface area contributed by atoms with E-state index < -0.39 is 0 Å². The Hall–Kier alpha value is -1.41. The van der Waals surface area contributed by atoms with Crippen LogP contribution < -0.4 is 5.73 Å². The number of aromatic nitrogens is 1. The van der Waals surface area contributed by atoms with Crippen LogP contribution in [0.2, 0.25) is 0 Å². The molecule has 2 heteroatoms. The lowest BCUT2D eigenvalue weighted by Gasteiger charge is -2.28. The summed E-state index contributed by atoms with van der Waals surface area (Å²) in [6, 6.07) is 10.9. The van der Waals surface area contributed by atoms with Crippen molar-refractivity contribution >= 4 is 10.9 Å². The van der Waals surface area contributed by atoms with E-state index in [1.54, 1.807) is 0 Å². The summed E-state index contributed by atoms with van der Waals surface area (Å²) in [6.45, 7) is 2.80. The van der Waals surface area contributed by atoms with Crippen molar-refractivity contribution in [2.24, 2.45) is 5.73 Å². The zero-order valence-corrected chi connectivity index (χ0v) is 10.9. The molecule has 1 aliphatic carbocycles. The molecule has 18 heavy (non-hydrogen) atoms. The van der Waals surface area contributed by atoms with Gasteiger partial charge in [0, 0.05) is 23.0 Å². The second-order valence-electron chi connectivity index (χ2n) is 5.55. The zero-order valence-electron chi connectivity index (χ0n) is 10.9. The van der Waals surface area contributed by atoms with Gasteiger partial charge in [-0.05, 0) is 43.5 Å². The third-order valence-electron chi connectivity index (χ3n) is 4.39. The molecule has 1 saturated carbocycles. The Kier molecular flexibility index (Phi) is 2.83. The lowest BCUT2D eigenvalue weighted by molar-refractivity contribution is 0.453. The van der Waals surface area contributed by atoms with E-state index in [9.17, 15) is 0 Å². The Morgan fingerprint density at radius 2 is 1.94 bits per heavy atom. The molecular weight excluding hydrogens is 220 g/mol. The van der Waals surface area contributed by atoms with Gasteiger partial charge in [0.2, 0.25) is 0 Å². The van der Waals surface area contributed by atoms with Crippen LogP contribution in [-0.4, -0.2) is 11.5 Å². The highest BCUT2D eigenvalue weighted by molar-refractivity contribution is 5.79. The van der Waals surface area contributed by atoms with Crippen LogP contribution >= 0.6 is 0 Å². The van der Waals surface area contributed by atoms with Crippen molar-refractivity contribution in [2.75, 3.05) is 6.54 Å². The Labute approximate surface area is 108 Å². The lowest BCUT2D eigenvalue weighted by Crippen LogP contribution is -2.31. The average molecular weight is 240 g/mol. The number of rotatable bonds is 2. The largest absolute Gasteiger partial charge is 0.330 e. The van der Waals surface area contributed by atoms with Gasteiger partial charge in [-0.15, -0.1) is 0 Å². The maximum atomic E-state index is 6.05. The van der Waals surface area contributed by atoms with Crippen LogP contribution in [0.15, 0.2) is 30.3 Å². The molecule has 0 saturated heterocycles. The minimum atomic E-state index is 0.221. The Morgan fingerprint density at radius 1 is 1.17 bits per heavy atom. The van der Waals surface area contributed by atoms with Crippen molar-refractivity contribution in [1.82, 2.24) is 4.98 Å². The second kappa shape index (κ2) is 4.36. The van der Waals surface area contributed by atoms with E-state index in [4.69, 9.17) is 5.73 Å². The Bertz CT molecular complexity index is 568. The predicted molar refractivity (Wildman–Crippen MR) is 75.7 cm³/mol. The molecule has 1 aromatic carbocycles. The van der Waals surface area contributed by atoms with Crippen LogP contribution in [0.25, 0.3) is 10.9 Å². The summed E-state index contributed by atoms with van der Waals surface area (Å²) in [7, 11) is 0. The molecule has 2 aromatic rings. The van der Waals surface area contributed by atoms with Crippen molar-refractivity contribution in [2.45, 2.75) is 38.0 Å². The van der Waals surface area contributed by atoms with E-state index >= 15 is 0 Å². The maximum Gasteiger partial charge on any atom is 0.0705 e. The Balaban J connectivity index is 2.10. The van der Waals surface area contributed by atoms with Crippen molar-refractivity contribution in [1.29, 1.82) is 0 Å². The van der Waals surface area contributed by atoms with Crippen LogP contribution in [0, 0.1) is 6.92 Å². The standard InChI is InChI=1S/C16H20N2/c1-12-4-5-13-10-14(6-7-15(13)18-12)16(11-17)8-2-3-9-16/h4-7,10H,2-3,8-9,11,17H2,1H3. The topological polar surface area (TPSA) is 38.9 Å². The number of pyridine rings is 1. The highest BCUT2D eigenvalue weighted by atomic mass is 14.7. The zero-order chi connectivity index (χ0) is 12.6. The maximum absolute atomic E-state index is 6.05. The van der Waals surface area contributed by atoms with Gasteiger partial charge in [-0.25, -0.2) is 0 Å². The Morgan fingerprint density at radius 3 is 2.67 bits per heavy atom. The fraction of sp³-hybridized carbons (Fsp3) is 0.438. The predicted octanol–water partition coefficient (Wildman–Crippen LogP) is 3.31. The van der Waals surface area contributed by atoms with Gasteiger partial charge in [-0.2, -0.15) is 0 Å². The first kappa shape index (κ1) is 11.7. The van der Waals surface area contributed by atoms with Crippen molar-refractivity contribution < 1.29 is 0 Å². The summed E-state index contributed by atoms with van der Waals surface area (Å²) in [5.74, 6) is 0. The van der Waals surface area contributed by atoms with Gasteiger partial charge in [0.25, 0.3) is 0 Å². The van der Waals surface area contributed by atoms with Gasteiger partial charge in [0.15, 0.2) is 0 Å². The number of benzene rings is 1. The van der Waals surface area contributed by atoms with Gasteiger partial charge in [-0.1, -0.05) is 25.0 Å². The number of hydrogen-bond donors (Lipinski definition) is 1. The van der Waals surface area contributed by atoms with E-state index in [1.165, 1.54) is 36.6 Å². The number of hydrogen-bond acceptors (Lipinski definition) is 2. The molecule has 0 spiro atoms. The van der Waals surface area contributed by atoms with Crippen molar-refractivity contribution in [3.05, 3.63) is 41.6 Å². The molecule has 1 fully saturated rings. The van der Waals surface area contributed by atoms with Crippen LogP contribution in [0.1, 0.15) is 36.9 Å². The molecular formula is C16H20N2. The molecule has 1 heterocycles. The second-order valence-corrected chi connectivity index (χ2v) is 5.55. The molecule has 1 aromatic heterocycles. The molecule has 2 N–H and O–H groups in total. The normalized spacial score (nSPS) is 18.3. The van der Waals surface area contributed by atoms with Crippen molar-refractivity contribution in [3.8, 4) is 0 Å². The minimum absolute atomic E-state index is 0.221. The molecule has 3 rings (SSSR count). The lowest BCUT2D eigenvalue weighted by atomic mass is 9.78. The molecule has 0 amide bonds. The molecule has 94 valence electrons. The van der Waals surface area contributed by atoms with E-state index in [2.05, 4.69) is 35.3 Å².